The van der Waals surface area contributed by atoms with Crippen molar-refractivity contribution in [3.63, 3.8) is 0 Å². The number of esters is 1. The molecule has 3 N–H and O–H groups in total. The second-order valence-electron chi connectivity index (χ2n) is 8.76. The van der Waals surface area contributed by atoms with Crippen LogP contribution in [0.2, 0.25) is 0 Å². The predicted molar refractivity (Wildman–Crippen MR) is 111 cm³/mol. The molecule has 0 radical (unpaired) electrons. The molecule has 0 aliphatic heterocycles. The Kier molecular flexibility index (Phi) is 7.05. The van der Waals surface area contributed by atoms with E-state index in [0.717, 1.165) is 5.52 Å². The zero-order valence-corrected chi connectivity index (χ0v) is 18.0. The minimum absolute atomic E-state index is 0.389. The van der Waals surface area contributed by atoms with Crippen LogP contribution in [-0.4, -0.2) is 50.8 Å². The molecule has 0 aliphatic carbocycles. The molecule has 0 bridgehead atoms. The van der Waals surface area contributed by atoms with Crippen molar-refractivity contribution in [3.8, 4) is 0 Å². The van der Waals surface area contributed by atoms with E-state index in [1.54, 1.807) is 47.7 Å². The lowest BCUT2D eigenvalue weighted by Crippen LogP contribution is -2.46. The molecule has 0 unspecified atom stereocenters. The van der Waals surface area contributed by atoms with Crippen molar-refractivity contribution in [2.75, 3.05) is 11.9 Å². The highest BCUT2D eigenvalue weighted by molar-refractivity contribution is 5.81. The largest absolute Gasteiger partial charge is 0.458 e. The number of carbonyl (C=O) groups is 2. The maximum atomic E-state index is 12.5. The SMILES string of the molecule is CC(C)(C)OC(=O)N[C@@H](CCCNc1nc2ncccc2[nH]1)C(=O)OC(C)(C)C. The van der Waals surface area contributed by atoms with E-state index in [4.69, 9.17) is 9.47 Å². The molecule has 2 heterocycles. The molecule has 2 rings (SSSR count). The Labute approximate surface area is 171 Å². The van der Waals surface area contributed by atoms with Crippen LogP contribution in [0.5, 0.6) is 0 Å². The van der Waals surface area contributed by atoms with Gasteiger partial charge in [-0.25, -0.2) is 14.6 Å². The van der Waals surface area contributed by atoms with E-state index in [9.17, 15) is 9.59 Å². The Morgan fingerprint density at radius 1 is 1.14 bits per heavy atom. The number of alkyl carbamates (subject to hydrolysis) is 1. The lowest BCUT2D eigenvalue weighted by atomic mass is 10.1. The zero-order chi connectivity index (χ0) is 21.7. The number of aromatic nitrogens is 3. The van der Waals surface area contributed by atoms with Crippen LogP contribution >= 0.6 is 0 Å². The molecular formula is C20H31N5O4. The van der Waals surface area contributed by atoms with Crippen LogP contribution in [0.1, 0.15) is 54.4 Å². The van der Waals surface area contributed by atoms with Gasteiger partial charge < -0.3 is 25.1 Å². The second-order valence-corrected chi connectivity index (χ2v) is 8.76. The van der Waals surface area contributed by atoms with Gasteiger partial charge in [0.05, 0.1) is 5.52 Å². The minimum Gasteiger partial charge on any atom is -0.458 e. The summed E-state index contributed by atoms with van der Waals surface area (Å²) in [5, 5.41) is 5.78. The van der Waals surface area contributed by atoms with Crippen LogP contribution in [0.15, 0.2) is 18.3 Å². The van der Waals surface area contributed by atoms with Crippen molar-refractivity contribution < 1.29 is 19.1 Å². The third-order valence-corrected chi connectivity index (χ3v) is 3.60. The lowest BCUT2D eigenvalue weighted by Gasteiger charge is -2.26. The standard InChI is InChI=1S/C20H31N5O4/c1-19(2,3)28-16(26)14(24-18(27)29-20(4,5)6)10-8-12-22-17-23-13-9-7-11-21-15(13)25-17/h7,9,11,14H,8,10,12H2,1-6H3,(H,24,27)(H2,21,22,23,25)/t14-/m0/s1. The van der Waals surface area contributed by atoms with E-state index >= 15 is 0 Å². The molecule has 0 aliphatic rings. The zero-order valence-electron chi connectivity index (χ0n) is 18.0. The molecule has 2 aromatic rings. The van der Waals surface area contributed by atoms with Gasteiger partial charge in [-0.2, -0.15) is 4.98 Å². The molecule has 0 saturated carbocycles. The number of H-pyrrole nitrogens is 1. The highest BCUT2D eigenvalue weighted by Gasteiger charge is 2.28. The van der Waals surface area contributed by atoms with Crippen LogP contribution in [0, 0.1) is 0 Å². The number of pyridine rings is 1. The Hall–Kier alpha value is -2.84. The quantitative estimate of drug-likeness (QED) is 0.477. The molecule has 160 valence electrons. The van der Waals surface area contributed by atoms with Crippen LogP contribution in [-0.2, 0) is 14.3 Å². The van der Waals surface area contributed by atoms with Gasteiger partial charge in [0.25, 0.3) is 0 Å². The van der Waals surface area contributed by atoms with Crippen molar-refractivity contribution in [3.05, 3.63) is 18.3 Å². The van der Waals surface area contributed by atoms with E-state index in [1.165, 1.54) is 0 Å². The van der Waals surface area contributed by atoms with E-state index in [0.29, 0.717) is 31.0 Å². The smallest absolute Gasteiger partial charge is 0.408 e. The van der Waals surface area contributed by atoms with Crippen molar-refractivity contribution in [1.82, 2.24) is 20.3 Å². The maximum Gasteiger partial charge on any atom is 0.408 e. The highest BCUT2D eigenvalue weighted by atomic mass is 16.6. The first kappa shape index (κ1) is 22.4. The number of carbonyl (C=O) groups excluding carboxylic acids is 2. The highest BCUT2D eigenvalue weighted by Crippen LogP contribution is 2.14. The van der Waals surface area contributed by atoms with Gasteiger partial charge in [-0.3, -0.25) is 0 Å². The summed E-state index contributed by atoms with van der Waals surface area (Å²) in [5.41, 5.74) is 0.172. The van der Waals surface area contributed by atoms with Crippen LogP contribution in [0.3, 0.4) is 0 Å². The summed E-state index contributed by atoms with van der Waals surface area (Å²) in [4.78, 5) is 36.3. The molecule has 1 amide bonds. The van der Waals surface area contributed by atoms with Gasteiger partial charge >= 0.3 is 12.1 Å². The minimum atomic E-state index is -0.803. The van der Waals surface area contributed by atoms with Gasteiger partial charge in [0.2, 0.25) is 5.95 Å². The molecule has 9 heteroatoms. The molecule has 9 nitrogen and oxygen atoms in total. The summed E-state index contributed by atoms with van der Waals surface area (Å²) in [6.07, 6.45) is 2.02. The van der Waals surface area contributed by atoms with Crippen LogP contribution < -0.4 is 10.6 Å². The first-order valence-electron chi connectivity index (χ1n) is 9.70. The van der Waals surface area contributed by atoms with Gasteiger partial charge in [-0.15, -0.1) is 0 Å². The number of imidazole rings is 1. The first-order chi connectivity index (χ1) is 13.4. The number of fused-ring (bicyclic) bond motifs is 1. The van der Waals surface area contributed by atoms with Gasteiger partial charge in [0.1, 0.15) is 17.2 Å². The number of anilines is 1. The molecule has 0 fully saturated rings. The van der Waals surface area contributed by atoms with E-state index in [-0.39, 0.29) is 0 Å². The Morgan fingerprint density at radius 2 is 1.83 bits per heavy atom. The van der Waals surface area contributed by atoms with E-state index in [1.807, 2.05) is 12.1 Å². The molecule has 0 spiro atoms. The number of nitrogens with zero attached hydrogens (tertiary/aromatic N) is 2. The molecular weight excluding hydrogens is 374 g/mol. The van der Waals surface area contributed by atoms with E-state index < -0.39 is 29.3 Å². The average Bonchev–Trinajstić information content (AvgIpc) is 2.97. The second kappa shape index (κ2) is 9.11. The lowest BCUT2D eigenvalue weighted by molar-refractivity contribution is -0.157. The van der Waals surface area contributed by atoms with Gasteiger partial charge in [0.15, 0.2) is 5.65 Å². The number of hydrogen-bond acceptors (Lipinski definition) is 7. The average molecular weight is 405 g/mol. The van der Waals surface area contributed by atoms with Gasteiger partial charge in [-0.1, -0.05) is 0 Å². The Balaban J connectivity index is 1.91. The van der Waals surface area contributed by atoms with E-state index in [2.05, 4.69) is 25.6 Å². The number of hydrogen-bond donors (Lipinski definition) is 3. The van der Waals surface area contributed by atoms with Crippen molar-refractivity contribution >= 4 is 29.2 Å². The number of rotatable bonds is 7. The first-order valence-corrected chi connectivity index (χ1v) is 9.70. The molecule has 2 aromatic heterocycles. The fourth-order valence-corrected chi connectivity index (χ4v) is 2.51. The molecule has 0 aromatic carbocycles. The summed E-state index contributed by atoms with van der Waals surface area (Å²) < 4.78 is 10.7. The van der Waals surface area contributed by atoms with Crippen LogP contribution in [0.4, 0.5) is 10.7 Å². The fourth-order valence-electron chi connectivity index (χ4n) is 2.51. The summed E-state index contributed by atoms with van der Waals surface area (Å²) >= 11 is 0. The van der Waals surface area contributed by atoms with Gasteiger partial charge in [-0.05, 0) is 66.5 Å². The van der Waals surface area contributed by atoms with Gasteiger partial charge in [0, 0.05) is 12.7 Å². The Bertz CT molecular complexity index is 802. The Morgan fingerprint density at radius 3 is 2.45 bits per heavy atom. The topological polar surface area (TPSA) is 118 Å². The van der Waals surface area contributed by atoms with Crippen molar-refractivity contribution in [2.45, 2.75) is 71.6 Å². The number of amides is 1. The number of nitrogens with one attached hydrogen (secondary N) is 3. The normalized spacial score (nSPS) is 13.0. The molecule has 1 atom stereocenters. The third kappa shape index (κ3) is 7.97. The maximum absolute atomic E-state index is 12.5. The number of ether oxygens (including phenoxy) is 2. The summed E-state index contributed by atoms with van der Waals surface area (Å²) in [6, 6.07) is 2.92. The molecule has 0 saturated heterocycles. The summed E-state index contributed by atoms with van der Waals surface area (Å²) in [6.45, 7) is 11.2. The molecule has 29 heavy (non-hydrogen) atoms. The summed E-state index contributed by atoms with van der Waals surface area (Å²) in [5.74, 6) is 0.115. The third-order valence-electron chi connectivity index (χ3n) is 3.60. The fraction of sp³-hybridized carbons (Fsp3) is 0.600. The monoisotopic (exact) mass is 405 g/mol. The van der Waals surface area contributed by atoms with Crippen LogP contribution in [0.25, 0.3) is 11.2 Å². The van der Waals surface area contributed by atoms with Crippen molar-refractivity contribution in [2.24, 2.45) is 0 Å². The number of aromatic amines is 1. The predicted octanol–water partition coefficient (Wildman–Crippen LogP) is 3.39. The summed E-state index contributed by atoms with van der Waals surface area (Å²) in [7, 11) is 0. The van der Waals surface area contributed by atoms with Crippen molar-refractivity contribution in [1.29, 1.82) is 0 Å².